The van der Waals surface area contributed by atoms with Crippen LogP contribution < -0.4 is 16.0 Å². The molecule has 1 rings (SSSR count). The van der Waals surface area contributed by atoms with Crippen molar-refractivity contribution in [1.82, 2.24) is 9.78 Å². The fourth-order valence-corrected chi connectivity index (χ4v) is 1.04. The Morgan fingerprint density at radius 3 is 2.93 bits per heavy atom. The minimum absolute atomic E-state index is 0.133. The molecule has 0 spiro atoms. The lowest BCUT2D eigenvalue weighted by molar-refractivity contribution is 0.361. The van der Waals surface area contributed by atoms with Crippen molar-refractivity contribution < 1.29 is 4.74 Å². The second-order valence-electron chi connectivity index (χ2n) is 3.24. The van der Waals surface area contributed by atoms with Crippen molar-refractivity contribution in [2.24, 2.45) is 11.7 Å². The topological polar surface area (TPSA) is 70.1 Å². The van der Waals surface area contributed by atoms with Crippen LogP contribution in [0.4, 0.5) is 0 Å². The second kappa shape index (κ2) is 4.76. The zero-order valence-electron chi connectivity index (χ0n) is 8.43. The summed E-state index contributed by atoms with van der Waals surface area (Å²) in [5, 5.41) is 4.01. The van der Waals surface area contributed by atoms with Gasteiger partial charge in [-0.05, 0) is 12.5 Å². The smallest absolute Gasteiger partial charge is 0.266 e. The summed E-state index contributed by atoms with van der Waals surface area (Å²) in [7, 11) is 1.52. The third-order valence-corrected chi connectivity index (χ3v) is 1.94. The molecule has 0 aliphatic carbocycles. The van der Waals surface area contributed by atoms with Gasteiger partial charge in [0, 0.05) is 18.7 Å². The first-order chi connectivity index (χ1) is 6.67. The Bertz CT molecular complexity index is 348. The van der Waals surface area contributed by atoms with Crippen LogP contribution in [0.2, 0.25) is 0 Å². The first-order valence-corrected chi connectivity index (χ1v) is 4.49. The van der Waals surface area contributed by atoms with Gasteiger partial charge in [-0.1, -0.05) is 6.92 Å². The third kappa shape index (κ3) is 2.56. The zero-order chi connectivity index (χ0) is 10.6. The molecule has 0 fully saturated rings. The minimum Gasteiger partial charge on any atom is -0.480 e. The Morgan fingerprint density at radius 2 is 2.36 bits per heavy atom. The summed E-state index contributed by atoms with van der Waals surface area (Å²) in [5.74, 6) is 0.668. The fraction of sp³-hybridized carbons (Fsp3) is 0.556. The van der Waals surface area contributed by atoms with E-state index in [1.165, 1.54) is 17.9 Å². The molecular formula is C9H15N3O2. The first kappa shape index (κ1) is 10.7. The maximum Gasteiger partial charge on any atom is 0.266 e. The number of aromatic nitrogens is 2. The summed E-state index contributed by atoms with van der Waals surface area (Å²) in [5.41, 5.74) is 5.33. The summed E-state index contributed by atoms with van der Waals surface area (Å²) >= 11 is 0. The summed E-state index contributed by atoms with van der Waals surface area (Å²) in [4.78, 5) is 11.3. The van der Waals surface area contributed by atoms with Gasteiger partial charge in [-0.25, -0.2) is 4.68 Å². The third-order valence-electron chi connectivity index (χ3n) is 1.94. The molecule has 1 heterocycles. The Balaban J connectivity index is 2.89. The largest absolute Gasteiger partial charge is 0.480 e. The Kier molecular flexibility index (Phi) is 3.64. The van der Waals surface area contributed by atoms with E-state index in [0.717, 1.165) is 0 Å². The van der Waals surface area contributed by atoms with Crippen molar-refractivity contribution in [3.05, 3.63) is 22.5 Å². The number of ether oxygens (including phenoxy) is 1. The molecule has 1 atom stereocenters. The van der Waals surface area contributed by atoms with Crippen LogP contribution >= 0.6 is 0 Å². The highest BCUT2D eigenvalue weighted by molar-refractivity contribution is 5.05. The fourth-order valence-electron chi connectivity index (χ4n) is 1.04. The van der Waals surface area contributed by atoms with Crippen molar-refractivity contribution in [3.63, 3.8) is 0 Å². The maximum absolute atomic E-state index is 11.3. The minimum atomic E-state index is -0.133. The average molecular weight is 197 g/mol. The van der Waals surface area contributed by atoms with Crippen LogP contribution in [0.3, 0.4) is 0 Å². The molecule has 0 radical (unpaired) electrons. The molecule has 0 amide bonds. The number of hydrogen-bond donors (Lipinski definition) is 1. The lowest BCUT2D eigenvalue weighted by Gasteiger charge is -2.10. The lowest BCUT2D eigenvalue weighted by atomic mass is 10.2. The predicted molar refractivity (Wildman–Crippen MR) is 53.3 cm³/mol. The molecule has 0 aliphatic rings. The molecule has 1 aromatic rings. The first-order valence-electron chi connectivity index (χ1n) is 4.49. The van der Waals surface area contributed by atoms with Gasteiger partial charge < -0.3 is 10.5 Å². The van der Waals surface area contributed by atoms with E-state index in [4.69, 9.17) is 10.5 Å². The maximum atomic E-state index is 11.3. The van der Waals surface area contributed by atoms with Crippen LogP contribution in [0, 0.1) is 5.92 Å². The molecule has 0 aliphatic heterocycles. The molecule has 0 saturated carbocycles. The molecular weight excluding hydrogens is 182 g/mol. The zero-order valence-corrected chi connectivity index (χ0v) is 8.43. The standard InChI is InChI=1S/C9H15N3O2/c1-7(5-10)6-12-9(13)4-3-8(11-12)14-2/h3-4,7H,5-6,10H2,1-2H3. The highest BCUT2D eigenvalue weighted by atomic mass is 16.5. The van der Waals surface area contributed by atoms with Crippen molar-refractivity contribution in [2.75, 3.05) is 13.7 Å². The Morgan fingerprint density at radius 1 is 1.64 bits per heavy atom. The van der Waals surface area contributed by atoms with E-state index >= 15 is 0 Å². The highest BCUT2D eigenvalue weighted by Gasteiger charge is 2.04. The molecule has 0 aromatic carbocycles. The van der Waals surface area contributed by atoms with Crippen LogP contribution in [-0.4, -0.2) is 23.4 Å². The van der Waals surface area contributed by atoms with Gasteiger partial charge in [0.2, 0.25) is 5.88 Å². The number of hydrogen-bond acceptors (Lipinski definition) is 4. The summed E-state index contributed by atoms with van der Waals surface area (Å²) < 4.78 is 6.29. The number of nitrogens with two attached hydrogens (primary N) is 1. The number of nitrogens with zero attached hydrogens (tertiary/aromatic N) is 2. The second-order valence-corrected chi connectivity index (χ2v) is 3.24. The van der Waals surface area contributed by atoms with Crippen LogP contribution in [0.25, 0.3) is 0 Å². The molecule has 1 aromatic heterocycles. The predicted octanol–water partition coefficient (Wildman–Crippen LogP) is -0.153. The number of methoxy groups -OCH3 is 1. The van der Waals surface area contributed by atoms with Crippen LogP contribution in [0.5, 0.6) is 5.88 Å². The summed E-state index contributed by atoms with van der Waals surface area (Å²) in [6.07, 6.45) is 0. The molecule has 0 bridgehead atoms. The van der Waals surface area contributed by atoms with Crippen molar-refractivity contribution in [2.45, 2.75) is 13.5 Å². The van der Waals surface area contributed by atoms with E-state index < -0.39 is 0 Å². The average Bonchev–Trinajstić information content (AvgIpc) is 2.21. The van der Waals surface area contributed by atoms with Gasteiger partial charge in [-0.2, -0.15) is 0 Å². The van der Waals surface area contributed by atoms with Gasteiger partial charge in [0.15, 0.2) is 0 Å². The quantitative estimate of drug-likeness (QED) is 0.728. The highest BCUT2D eigenvalue weighted by Crippen LogP contribution is 2.01. The van der Waals surface area contributed by atoms with Gasteiger partial charge in [-0.15, -0.1) is 5.10 Å². The molecule has 5 heteroatoms. The Labute approximate surface area is 82.5 Å². The molecule has 14 heavy (non-hydrogen) atoms. The van der Waals surface area contributed by atoms with Crippen molar-refractivity contribution in [3.8, 4) is 5.88 Å². The lowest BCUT2D eigenvalue weighted by Crippen LogP contribution is -2.27. The van der Waals surface area contributed by atoms with Gasteiger partial charge in [0.05, 0.1) is 7.11 Å². The van der Waals surface area contributed by atoms with Crippen LogP contribution in [0.15, 0.2) is 16.9 Å². The van der Waals surface area contributed by atoms with Gasteiger partial charge in [0.25, 0.3) is 5.56 Å². The van der Waals surface area contributed by atoms with E-state index in [1.54, 1.807) is 6.07 Å². The van der Waals surface area contributed by atoms with Crippen LogP contribution in [-0.2, 0) is 6.54 Å². The van der Waals surface area contributed by atoms with Gasteiger partial charge >= 0.3 is 0 Å². The molecule has 78 valence electrons. The van der Waals surface area contributed by atoms with E-state index in [0.29, 0.717) is 19.0 Å². The molecule has 5 nitrogen and oxygen atoms in total. The molecule has 0 saturated heterocycles. The van der Waals surface area contributed by atoms with E-state index in [1.807, 2.05) is 6.92 Å². The SMILES string of the molecule is COc1ccc(=O)n(CC(C)CN)n1. The summed E-state index contributed by atoms with van der Waals surface area (Å²) in [6, 6.07) is 2.99. The van der Waals surface area contributed by atoms with Crippen LogP contribution in [0.1, 0.15) is 6.92 Å². The normalized spacial score (nSPS) is 12.5. The van der Waals surface area contributed by atoms with Gasteiger partial charge in [0.1, 0.15) is 0 Å². The van der Waals surface area contributed by atoms with E-state index in [9.17, 15) is 4.79 Å². The van der Waals surface area contributed by atoms with Crippen molar-refractivity contribution in [1.29, 1.82) is 0 Å². The van der Waals surface area contributed by atoms with Crippen molar-refractivity contribution >= 4 is 0 Å². The van der Waals surface area contributed by atoms with E-state index in [2.05, 4.69) is 5.10 Å². The number of rotatable bonds is 4. The molecule has 1 unspecified atom stereocenters. The van der Waals surface area contributed by atoms with E-state index in [-0.39, 0.29) is 11.5 Å². The Hall–Kier alpha value is -1.36. The van der Waals surface area contributed by atoms with Gasteiger partial charge in [-0.3, -0.25) is 4.79 Å². The molecule has 2 N–H and O–H groups in total. The summed E-state index contributed by atoms with van der Waals surface area (Å²) in [6.45, 7) is 3.02. The monoisotopic (exact) mass is 197 g/mol.